The first kappa shape index (κ1) is 23.9. The Morgan fingerprint density at radius 2 is 1.51 bits per heavy atom. The van der Waals surface area contributed by atoms with Crippen LogP contribution in [-0.2, 0) is 25.9 Å². The number of anilines is 1. The molecule has 0 fully saturated rings. The van der Waals surface area contributed by atoms with Crippen LogP contribution in [-0.4, -0.2) is 27.1 Å². The van der Waals surface area contributed by atoms with Gasteiger partial charge in [0.2, 0.25) is 0 Å². The third kappa shape index (κ3) is 6.02. The lowest BCUT2D eigenvalue weighted by Crippen LogP contribution is -2.15. The molecule has 0 unspecified atom stereocenters. The summed E-state index contributed by atoms with van der Waals surface area (Å²) in [6.07, 6.45) is 1.84. The van der Waals surface area contributed by atoms with Gasteiger partial charge >= 0.3 is 0 Å². The van der Waals surface area contributed by atoms with E-state index in [2.05, 4.69) is 39.8 Å². The zero-order valence-electron chi connectivity index (χ0n) is 19.5. The van der Waals surface area contributed by atoms with Gasteiger partial charge in [-0.3, -0.25) is 14.7 Å². The van der Waals surface area contributed by atoms with Crippen molar-refractivity contribution in [3.05, 3.63) is 118 Å². The molecule has 1 aromatic heterocycles. The summed E-state index contributed by atoms with van der Waals surface area (Å²) in [5.74, 6) is -0.728. The lowest BCUT2D eigenvalue weighted by molar-refractivity contribution is 0.0996. The van der Waals surface area contributed by atoms with Crippen LogP contribution in [0.25, 0.3) is 0 Å². The molecule has 0 atom stereocenters. The van der Waals surface area contributed by atoms with Gasteiger partial charge in [-0.15, -0.1) is 0 Å². The highest BCUT2D eigenvalue weighted by Gasteiger charge is 2.18. The standard InChI is InChI=1S/C28H28N4O3/c1-18-2-4-19(5-3-18)10-15-24-26(27(29)34)25(32-31-24)16-20-8-13-23(14-9-20)30-28(35)22-11-6-21(17-33)7-12-22/h2-9,11-14,33H,10,15-17H2,1H3,(H2,29,34)(H,30,35)(H,31,32). The number of nitrogens with two attached hydrogens (primary N) is 1. The van der Waals surface area contributed by atoms with E-state index in [0.29, 0.717) is 41.0 Å². The minimum Gasteiger partial charge on any atom is -0.392 e. The molecule has 7 heteroatoms. The van der Waals surface area contributed by atoms with E-state index < -0.39 is 5.91 Å². The average Bonchev–Trinajstić information content (AvgIpc) is 3.27. The fourth-order valence-electron chi connectivity index (χ4n) is 3.91. The van der Waals surface area contributed by atoms with Gasteiger partial charge in [-0.2, -0.15) is 5.10 Å². The van der Waals surface area contributed by atoms with Crippen molar-refractivity contribution in [1.82, 2.24) is 10.2 Å². The van der Waals surface area contributed by atoms with Crippen molar-refractivity contribution < 1.29 is 14.7 Å². The number of hydrogen-bond donors (Lipinski definition) is 4. The minimum atomic E-state index is -0.497. The molecule has 0 bridgehead atoms. The highest BCUT2D eigenvalue weighted by Crippen LogP contribution is 2.19. The summed E-state index contributed by atoms with van der Waals surface area (Å²) < 4.78 is 0. The maximum atomic E-state index is 12.5. The molecule has 0 aliphatic carbocycles. The molecule has 4 aromatic rings. The molecule has 35 heavy (non-hydrogen) atoms. The summed E-state index contributed by atoms with van der Waals surface area (Å²) in [5, 5.41) is 19.4. The fourth-order valence-corrected chi connectivity index (χ4v) is 3.91. The first-order chi connectivity index (χ1) is 16.9. The monoisotopic (exact) mass is 468 g/mol. The molecule has 0 radical (unpaired) electrons. The maximum Gasteiger partial charge on any atom is 0.255 e. The van der Waals surface area contributed by atoms with Crippen LogP contribution in [0.15, 0.2) is 72.8 Å². The summed E-state index contributed by atoms with van der Waals surface area (Å²) in [7, 11) is 0. The molecule has 5 N–H and O–H groups in total. The van der Waals surface area contributed by atoms with Gasteiger partial charge in [0, 0.05) is 17.7 Å². The molecule has 0 spiro atoms. The smallest absolute Gasteiger partial charge is 0.255 e. The van der Waals surface area contributed by atoms with E-state index in [-0.39, 0.29) is 12.5 Å². The molecule has 7 nitrogen and oxygen atoms in total. The second kappa shape index (κ2) is 10.8. The van der Waals surface area contributed by atoms with Crippen LogP contribution in [0.5, 0.6) is 0 Å². The number of carbonyl (C=O) groups excluding carboxylic acids is 2. The fraction of sp³-hybridized carbons (Fsp3) is 0.179. The largest absolute Gasteiger partial charge is 0.392 e. The number of hydrogen-bond acceptors (Lipinski definition) is 4. The number of benzene rings is 3. The number of aromatic nitrogens is 2. The number of H-pyrrole nitrogens is 1. The molecular formula is C28H28N4O3. The number of primary amides is 1. The van der Waals surface area contributed by atoms with E-state index in [1.165, 1.54) is 11.1 Å². The summed E-state index contributed by atoms with van der Waals surface area (Å²) in [6.45, 7) is 1.98. The van der Waals surface area contributed by atoms with Crippen molar-refractivity contribution in [2.45, 2.75) is 32.8 Å². The number of nitrogens with one attached hydrogen (secondary N) is 2. The number of aliphatic hydroxyl groups excluding tert-OH is 1. The van der Waals surface area contributed by atoms with Gasteiger partial charge in [0.1, 0.15) is 0 Å². The molecule has 0 aliphatic heterocycles. The van der Waals surface area contributed by atoms with Crippen molar-refractivity contribution >= 4 is 17.5 Å². The summed E-state index contributed by atoms with van der Waals surface area (Å²) in [4.78, 5) is 24.7. The lowest BCUT2D eigenvalue weighted by Gasteiger charge is -2.08. The predicted octanol–water partition coefficient (Wildman–Crippen LogP) is 3.94. The number of aryl methyl sites for hydroxylation is 3. The van der Waals surface area contributed by atoms with Crippen molar-refractivity contribution in [1.29, 1.82) is 0 Å². The Morgan fingerprint density at radius 1 is 0.886 bits per heavy atom. The number of nitrogens with zero attached hydrogens (tertiary/aromatic N) is 1. The van der Waals surface area contributed by atoms with E-state index in [9.17, 15) is 9.59 Å². The highest BCUT2D eigenvalue weighted by molar-refractivity contribution is 6.04. The molecule has 1 heterocycles. The number of rotatable bonds is 9. The summed E-state index contributed by atoms with van der Waals surface area (Å²) in [6, 6.07) is 22.5. The van der Waals surface area contributed by atoms with Crippen molar-refractivity contribution in [2.75, 3.05) is 5.32 Å². The van der Waals surface area contributed by atoms with E-state index in [4.69, 9.17) is 10.8 Å². The van der Waals surface area contributed by atoms with Crippen LogP contribution in [0.2, 0.25) is 0 Å². The number of aliphatic hydroxyl groups is 1. The summed E-state index contributed by atoms with van der Waals surface area (Å²) in [5.41, 5.74) is 12.7. The van der Waals surface area contributed by atoms with Gasteiger partial charge in [0.05, 0.1) is 23.6 Å². The quantitative estimate of drug-likeness (QED) is 0.297. The number of amides is 2. The summed E-state index contributed by atoms with van der Waals surface area (Å²) >= 11 is 0. The van der Waals surface area contributed by atoms with Crippen LogP contribution in [0.3, 0.4) is 0 Å². The third-order valence-corrected chi connectivity index (χ3v) is 5.93. The van der Waals surface area contributed by atoms with Crippen LogP contribution >= 0.6 is 0 Å². The number of carbonyl (C=O) groups is 2. The zero-order chi connectivity index (χ0) is 24.8. The van der Waals surface area contributed by atoms with Crippen LogP contribution in [0, 0.1) is 6.92 Å². The Balaban J connectivity index is 1.41. The Labute approximate surface area is 204 Å². The molecular weight excluding hydrogens is 440 g/mol. The Morgan fingerprint density at radius 3 is 2.14 bits per heavy atom. The van der Waals surface area contributed by atoms with E-state index in [1.54, 1.807) is 24.3 Å². The van der Waals surface area contributed by atoms with Gasteiger partial charge in [-0.25, -0.2) is 0 Å². The van der Waals surface area contributed by atoms with Gasteiger partial charge in [0.15, 0.2) is 0 Å². The average molecular weight is 469 g/mol. The molecule has 4 rings (SSSR count). The zero-order valence-corrected chi connectivity index (χ0v) is 19.5. The van der Waals surface area contributed by atoms with Gasteiger partial charge in [-0.1, -0.05) is 54.1 Å². The normalized spacial score (nSPS) is 10.8. The van der Waals surface area contributed by atoms with Crippen molar-refractivity contribution in [3.63, 3.8) is 0 Å². The minimum absolute atomic E-state index is 0.0641. The van der Waals surface area contributed by atoms with Crippen LogP contribution in [0.4, 0.5) is 5.69 Å². The molecule has 0 saturated heterocycles. The molecule has 3 aromatic carbocycles. The maximum absolute atomic E-state index is 12.5. The van der Waals surface area contributed by atoms with Gasteiger partial charge in [-0.05, 0) is 60.7 Å². The van der Waals surface area contributed by atoms with E-state index >= 15 is 0 Å². The second-order valence-corrected chi connectivity index (χ2v) is 8.56. The van der Waals surface area contributed by atoms with Crippen molar-refractivity contribution in [3.8, 4) is 0 Å². The third-order valence-electron chi connectivity index (χ3n) is 5.93. The topological polar surface area (TPSA) is 121 Å². The van der Waals surface area contributed by atoms with Gasteiger partial charge in [0.25, 0.3) is 11.8 Å². The Hall–Kier alpha value is -4.23. The predicted molar refractivity (Wildman–Crippen MR) is 135 cm³/mol. The lowest BCUT2D eigenvalue weighted by atomic mass is 10.0. The highest BCUT2D eigenvalue weighted by atomic mass is 16.3. The second-order valence-electron chi connectivity index (χ2n) is 8.56. The Kier molecular flexibility index (Phi) is 7.38. The molecule has 178 valence electrons. The number of aromatic amines is 1. The van der Waals surface area contributed by atoms with Crippen molar-refractivity contribution in [2.24, 2.45) is 5.73 Å². The van der Waals surface area contributed by atoms with Crippen LogP contribution in [0.1, 0.15) is 54.4 Å². The molecule has 0 aliphatic rings. The van der Waals surface area contributed by atoms with E-state index in [1.807, 2.05) is 31.2 Å². The first-order valence-electron chi connectivity index (χ1n) is 11.4. The molecule has 0 saturated carbocycles. The van der Waals surface area contributed by atoms with E-state index in [0.717, 1.165) is 17.5 Å². The molecule has 2 amide bonds. The first-order valence-corrected chi connectivity index (χ1v) is 11.4. The SMILES string of the molecule is Cc1ccc(CCc2n[nH]c(Cc3ccc(NC(=O)c4ccc(CO)cc4)cc3)c2C(N)=O)cc1. The Bertz CT molecular complexity index is 1310. The van der Waals surface area contributed by atoms with Gasteiger partial charge < -0.3 is 16.2 Å². The van der Waals surface area contributed by atoms with Crippen LogP contribution < -0.4 is 11.1 Å².